The Bertz CT molecular complexity index is 722. The van der Waals surface area contributed by atoms with Crippen LogP contribution in [0.15, 0.2) is 41.2 Å². The van der Waals surface area contributed by atoms with Gasteiger partial charge in [-0.05, 0) is 12.5 Å². The van der Waals surface area contributed by atoms with Crippen molar-refractivity contribution in [1.82, 2.24) is 20.1 Å². The van der Waals surface area contributed by atoms with Crippen LogP contribution in [0, 0.1) is 6.92 Å². The minimum Gasteiger partial charge on any atom is -0.467 e. The van der Waals surface area contributed by atoms with Crippen molar-refractivity contribution in [1.29, 1.82) is 0 Å². The highest BCUT2D eigenvalue weighted by molar-refractivity contribution is 5.61. The molecule has 0 aliphatic carbocycles. The maximum Gasteiger partial charge on any atom is 0.316 e. The van der Waals surface area contributed by atoms with Crippen LogP contribution >= 0.6 is 0 Å². The molecule has 0 radical (unpaired) electrons. The SMILES string of the molecule is COc1ncc(-c2nc(-c3ccccc3C)no2)cn1. The lowest BCUT2D eigenvalue weighted by atomic mass is 10.1. The molecular weight excluding hydrogens is 256 g/mol. The molecule has 6 nitrogen and oxygen atoms in total. The fourth-order valence-corrected chi connectivity index (χ4v) is 1.81. The van der Waals surface area contributed by atoms with Gasteiger partial charge in [-0.2, -0.15) is 4.98 Å². The first-order valence-electron chi connectivity index (χ1n) is 6.04. The normalized spacial score (nSPS) is 10.5. The lowest BCUT2D eigenvalue weighted by Crippen LogP contribution is -1.91. The Balaban J connectivity index is 1.95. The van der Waals surface area contributed by atoms with Gasteiger partial charge in [-0.15, -0.1) is 0 Å². The molecule has 20 heavy (non-hydrogen) atoms. The number of aromatic nitrogens is 4. The minimum absolute atomic E-state index is 0.299. The molecule has 0 amide bonds. The predicted octanol–water partition coefficient (Wildman–Crippen LogP) is 2.51. The van der Waals surface area contributed by atoms with Crippen LogP contribution < -0.4 is 4.74 Å². The zero-order valence-electron chi connectivity index (χ0n) is 11.1. The molecule has 2 heterocycles. The Morgan fingerprint density at radius 2 is 1.85 bits per heavy atom. The van der Waals surface area contributed by atoms with Gasteiger partial charge in [0.2, 0.25) is 5.82 Å². The van der Waals surface area contributed by atoms with Crippen LogP contribution in [0.4, 0.5) is 0 Å². The third kappa shape index (κ3) is 2.23. The summed E-state index contributed by atoms with van der Waals surface area (Å²) >= 11 is 0. The highest BCUT2D eigenvalue weighted by Crippen LogP contribution is 2.23. The number of aryl methyl sites for hydroxylation is 1. The van der Waals surface area contributed by atoms with E-state index in [4.69, 9.17) is 9.26 Å². The number of hydrogen-bond acceptors (Lipinski definition) is 6. The molecule has 0 fully saturated rings. The van der Waals surface area contributed by atoms with Crippen LogP contribution in [0.2, 0.25) is 0 Å². The maximum atomic E-state index is 5.25. The van der Waals surface area contributed by atoms with Gasteiger partial charge in [0, 0.05) is 18.0 Å². The summed E-state index contributed by atoms with van der Waals surface area (Å²) in [7, 11) is 1.51. The number of benzene rings is 1. The molecule has 0 atom stereocenters. The third-order valence-corrected chi connectivity index (χ3v) is 2.87. The van der Waals surface area contributed by atoms with Crippen LogP contribution in [-0.2, 0) is 0 Å². The van der Waals surface area contributed by atoms with Gasteiger partial charge in [0.05, 0.1) is 12.7 Å². The number of methoxy groups -OCH3 is 1. The number of rotatable bonds is 3. The monoisotopic (exact) mass is 268 g/mol. The van der Waals surface area contributed by atoms with Crippen LogP contribution in [0.1, 0.15) is 5.56 Å². The molecule has 0 bridgehead atoms. The molecule has 0 aliphatic heterocycles. The van der Waals surface area contributed by atoms with Crippen molar-refractivity contribution in [2.24, 2.45) is 0 Å². The minimum atomic E-state index is 0.299. The van der Waals surface area contributed by atoms with E-state index >= 15 is 0 Å². The second kappa shape index (κ2) is 5.08. The molecule has 2 aromatic heterocycles. The standard InChI is InChI=1S/C14H12N4O2/c1-9-5-3-4-6-11(9)12-17-13(20-18-12)10-7-15-14(19-2)16-8-10/h3-8H,1-2H3. The summed E-state index contributed by atoms with van der Waals surface area (Å²) < 4.78 is 10.2. The Morgan fingerprint density at radius 3 is 2.55 bits per heavy atom. The lowest BCUT2D eigenvalue weighted by Gasteiger charge is -1.98. The second-order valence-electron chi connectivity index (χ2n) is 4.20. The summed E-state index contributed by atoms with van der Waals surface area (Å²) in [6.07, 6.45) is 3.17. The fraction of sp³-hybridized carbons (Fsp3) is 0.143. The van der Waals surface area contributed by atoms with E-state index in [1.165, 1.54) is 7.11 Å². The van der Waals surface area contributed by atoms with Crippen molar-refractivity contribution in [2.45, 2.75) is 6.92 Å². The molecule has 0 spiro atoms. The van der Waals surface area contributed by atoms with Crippen LogP contribution in [-0.4, -0.2) is 27.2 Å². The largest absolute Gasteiger partial charge is 0.467 e. The van der Waals surface area contributed by atoms with Gasteiger partial charge in [0.1, 0.15) is 0 Å². The third-order valence-electron chi connectivity index (χ3n) is 2.87. The van der Waals surface area contributed by atoms with Gasteiger partial charge in [-0.1, -0.05) is 29.4 Å². The molecule has 0 saturated heterocycles. The molecular formula is C14H12N4O2. The van der Waals surface area contributed by atoms with Gasteiger partial charge in [0.25, 0.3) is 5.89 Å². The van der Waals surface area contributed by atoms with Crippen LogP contribution in [0.5, 0.6) is 6.01 Å². The molecule has 3 aromatic rings. The van der Waals surface area contributed by atoms with E-state index in [1.807, 2.05) is 31.2 Å². The Hall–Kier alpha value is -2.76. The zero-order valence-corrected chi connectivity index (χ0v) is 11.1. The van der Waals surface area contributed by atoms with E-state index in [0.29, 0.717) is 23.3 Å². The summed E-state index contributed by atoms with van der Waals surface area (Å²) in [5.74, 6) is 0.930. The average molecular weight is 268 g/mol. The molecule has 3 rings (SSSR count). The second-order valence-corrected chi connectivity index (χ2v) is 4.20. The number of nitrogens with zero attached hydrogens (tertiary/aromatic N) is 4. The van der Waals surface area contributed by atoms with E-state index in [0.717, 1.165) is 11.1 Å². The summed E-state index contributed by atoms with van der Waals surface area (Å²) in [4.78, 5) is 12.4. The Labute approximate surface area is 115 Å². The molecule has 1 aromatic carbocycles. The van der Waals surface area contributed by atoms with E-state index in [9.17, 15) is 0 Å². The highest BCUT2D eigenvalue weighted by atomic mass is 16.5. The first kappa shape index (κ1) is 12.3. The van der Waals surface area contributed by atoms with Gasteiger partial charge in [-0.3, -0.25) is 0 Å². The van der Waals surface area contributed by atoms with E-state index in [2.05, 4.69) is 20.1 Å². The zero-order chi connectivity index (χ0) is 13.9. The van der Waals surface area contributed by atoms with E-state index < -0.39 is 0 Å². The summed E-state index contributed by atoms with van der Waals surface area (Å²) in [5, 5.41) is 3.99. The Morgan fingerprint density at radius 1 is 1.10 bits per heavy atom. The smallest absolute Gasteiger partial charge is 0.316 e. The van der Waals surface area contributed by atoms with Gasteiger partial charge in [-0.25, -0.2) is 9.97 Å². The molecule has 0 aliphatic rings. The van der Waals surface area contributed by atoms with Crippen molar-refractivity contribution < 1.29 is 9.26 Å². The van der Waals surface area contributed by atoms with E-state index in [-0.39, 0.29) is 0 Å². The first-order chi connectivity index (χ1) is 9.78. The van der Waals surface area contributed by atoms with Crippen molar-refractivity contribution in [3.05, 3.63) is 42.2 Å². The Kier molecular flexibility index (Phi) is 3.12. The van der Waals surface area contributed by atoms with Gasteiger partial charge < -0.3 is 9.26 Å². The molecule has 0 saturated carbocycles. The highest BCUT2D eigenvalue weighted by Gasteiger charge is 2.12. The van der Waals surface area contributed by atoms with Crippen LogP contribution in [0.3, 0.4) is 0 Å². The van der Waals surface area contributed by atoms with Crippen molar-refractivity contribution in [2.75, 3.05) is 7.11 Å². The average Bonchev–Trinajstić information content (AvgIpc) is 2.97. The molecule has 0 N–H and O–H groups in total. The first-order valence-corrected chi connectivity index (χ1v) is 6.04. The summed E-state index contributed by atoms with van der Waals surface area (Å²) in [5.41, 5.74) is 2.68. The van der Waals surface area contributed by atoms with Crippen molar-refractivity contribution >= 4 is 0 Å². The molecule has 6 heteroatoms. The van der Waals surface area contributed by atoms with Gasteiger partial charge in [0.15, 0.2) is 0 Å². The number of hydrogen-bond donors (Lipinski definition) is 0. The van der Waals surface area contributed by atoms with Gasteiger partial charge >= 0.3 is 6.01 Å². The summed E-state index contributed by atoms with van der Waals surface area (Å²) in [6, 6.07) is 8.16. The molecule has 100 valence electrons. The number of ether oxygens (including phenoxy) is 1. The van der Waals surface area contributed by atoms with Crippen molar-refractivity contribution in [3.63, 3.8) is 0 Å². The lowest BCUT2D eigenvalue weighted by molar-refractivity contribution is 0.379. The topological polar surface area (TPSA) is 73.9 Å². The predicted molar refractivity (Wildman–Crippen MR) is 72.0 cm³/mol. The van der Waals surface area contributed by atoms with Crippen molar-refractivity contribution in [3.8, 4) is 28.9 Å². The fourth-order valence-electron chi connectivity index (χ4n) is 1.81. The quantitative estimate of drug-likeness (QED) is 0.726. The summed E-state index contributed by atoms with van der Waals surface area (Å²) in [6.45, 7) is 2.00. The molecule has 0 unspecified atom stereocenters. The maximum absolute atomic E-state index is 5.25. The van der Waals surface area contributed by atoms with Crippen LogP contribution in [0.25, 0.3) is 22.8 Å². The van der Waals surface area contributed by atoms with E-state index in [1.54, 1.807) is 12.4 Å².